The minimum absolute atomic E-state index is 0.00204. The maximum absolute atomic E-state index is 11.3. The van der Waals surface area contributed by atoms with Crippen LogP contribution in [-0.2, 0) is 4.79 Å². The topological polar surface area (TPSA) is 64.3 Å². The summed E-state index contributed by atoms with van der Waals surface area (Å²) in [5.74, 6) is 0.447. The number of rotatable bonds is 5. The molecule has 88 valence electrons. The van der Waals surface area contributed by atoms with Crippen molar-refractivity contribution in [1.29, 1.82) is 0 Å². The van der Waals surface area contributed by atoms with E-state index < -0.39 is 0 Å². The van der Waals surface area contributed by atoms with Gasteiger partial charge in [-0.2, -0.15) is 0 Å². The van der Waals surface area contributed by atoms with Gasteiger partial charge in [0.25, 0.3) is 5.91 Å². The summed E-state index contributed by atoms with van der Waals surface area (Å²) >= 11 is 3.32. The van der Waals surface area contributed by atoms with Crippen molar-refractivity contribution in [3.05, 3.63) is 22.7 Å². The molecule has 1 aromatic rings. The summed E-state index contributed by atoms with van der Waals surface area (Å²) in [6.07, 6.45) is 0.910. The molecule has 0 heterocycles. The third-order valence-corrected chi connectivity index (χ3v) is 2.54. The maximum atomic E-state index is 11.3. The molecule has 0 unspecified atom stereocenters. The molecule has 0 fully saturated rings. The third-order valence-electron chi connectivity index (χ3n) is 1.89. The number of halogens is 1. The van der Waals surface area contributed by atoms with Gasteiger partial charge in [-0.05, 0) is 34.5 Å². The predicted octanol–water partition coefficient (Wildman–Crippen LogP) is 1.94. The van der Waals surface area contributed by atoms with Crippen LogP contribution >= 0.6 is 15.9 Å². The summed E-state index contributed by atoms with van der Waals surface area (Å²) in [5, 5.41) is 2.73. The number of benzene rings is 1. The number of nitrogens with two attached hydrogens (primary N) is 1. The van der Waals surface area contributed by atoms with Crippen molar-refractivity contribution in [2.45, 2.75) is 13.3 Å². The first kappa shape index (κ1) is 12.8. The molecule has 0 atom stereocenters. The van der Waals surface area contributed by atoms with E-state index in [1.165, 1.54) is 0 Å². The monoisotopic (exact) mass is 286 g/mol. The van der Waals surface area contributed by atoms with E-state index in [4.69, 9.17) is 10.5 Å². The number of ether oxygens (including phenoxy) is 1. The van der Waals surface area contributed by atoms with E-state index in [0.717, 1.165) is 10.9 Å². The van der Waals surface area contributed by atoms with E-state index in [1.54, 1.807) is 18.2 Å². The smallest absolute Gasteiger partial charge is 0.257 e. The second-order valence-electron chi connectivity index (χ2n) is 3.33. The highest BCUT2D eigenvalue weighted by Gasteiger charge is 2.05. The molecule has 1 aromatic carbocycles. The molecule has 1 rings (SSSR count). The van der Waals surface area contributed by atoms with Crippen LogP contribution in [0.1, 0.15) is 13.3 Å². The van der Waals surface area contributed by atoms with E-state index in [0.29, 0.717) is 18.0 Å². The van der Waals surface area contributed by atoms with Crippen LogP contribution in [0.3, 0.4) is 0 Å². The highest BCUT2D eigenvalue weighted by atomic mass is 79.9. The zero-order valence-corrected chi connectivity index (χ0v) is 10.7. The third kappa shape index (κ3) is 4.10. The van der Waals surface area contributed by atoms with Gasteiger partial charge in [-0.1, -0.05) is 6.92 Å². The average molecular weight is 287 g/mol. The lowest BCUT2D eigenvalue weighted by Crippen LogP contribution is -2.29. The van der Waals surface area contributed by atoms with Gasteiger partial charge in [0.15, 0.2) is 6.61 Å². The van der Waals surface area contributed by atoms with Crippen LogP contribution in [0, 0.1) is 0 Å². The highest BCUT2D eigenvalue weighted by molar-refractivity contribution is 9.10. The van der Waals surface area contributed by atoms with Crippen molar-refractivity contribution in [3.63, 3.8) is 0 Å². The average Bonchev–Trinajstić information content (AvgIpc) is 2.27. The molecule has 16 heavy (non-hydrogen) atoms. The Kier molecular flexibility index (Phi) is 5.11. The molecule has 0 aliphatic heterocycles. The highest BCUT2D eigenvalue weighted by Crippen LogP contribution is 2.26. The Bertz CT molecular complexity index is 369. The fourth-order valence-corrected chi connectivity index (χ4v) is 1.45. The normalized spacial score (nSPS) is 9.88. The molecule has 0 bridgehead atoms. The predicted molar refractivity (Wildman–Crippen MR) is 67.4 cm³/mol. The molecule has 0 aromatic heterocycles. The Balaban J connectivity index is 2.47. The first-order valence-electron chi connectivity index (χ1n) is 5.08. The molecule has 3 N–H and O–H groups in total. The number of nitrogen functional groups attached to an aromatic ring is 1. The van der Waals surface area contributed by atoms with Crippen molar-refractivity contribution in [2.24, 2.45) is 0 Å². The first-order chi connectivity index (χ1) is 7.63. The van der Waals surface area contributed by atoms with Gasteiger partial charge in [-0.15, -0.1) is 0 Å². The molecule has 4 nitrogen and oxygen atoms in total. The largest absolute Gasteiger partial charge is 0.483 e. The molecule has 0 spiro atoms. The summed E-state index contributed by atoms with van der Waals surface area (Å²) in [6.45, 7) is 2.66. The standard InChI is InChI=1S/C11H15BrN2O2/c1-2-5-14-11(15)7-16-10-6-8(13)3-4-9(10)12/h3-4,6H,2,5,7,13H2,1H3,(H,14,15). The number of carbonyl (C=O) groups is 1. The Morgan fingerprint density at radius 3 is 3.00 bits per heavy atom. The molecule has 0 saturated heterocycles. The van der Waals surface area contributed by atoms with Crippen LogP contribution in [0.5, 0.6) is 5.75 Å². The fourth-order valence-electron chi connectivity index (χ4n) is 1.09. The number of anilines is 1. The van der Waals surface area contributed by atoms with Gasteiger partial charge >= 0.3 is 0 Å². The van der Waals surface area contributed by atoms with Gasteiger partial charge < -0.3 is 15.8 Å². The van der Waals surface area contributed by atoms with Gasteiger partial charge in [0.1, 0.15) is 5.75 Å². The minimum Gasteiger partial charge on any atom is -0.483 e. The Morgan fingerprint density at radius 2 is 2.31 bits per heavy atom. The van der Waals surface area contributed by atoms with Crippen LogP contribution in [0.2, 0.25) is 0 Å². The lowest BCUT2D eigenvalue weighted by atomic mass is 10.3. The van der Waals surface area contributed by atoms with Crippen LogP contribution in [0.25, 0.3) is 0 Å². The Hall–Kier alpha value is -1.23. The van der Waals surface area contributed by atoms with Crippen molar-refractivity contribution < 1.29 is 9.53 Å². The van der Waals surface area contributed by atoms with E-state index in [1.807, 2.05) is 6.92 Å². The van der Waals surface area contributed by atoms with E-state index in [-0.39, 0.29) is 12.5 Å². The molecule has 5 heteroatoms. The molecule has 1 amide bonds. The fraction of sp³-hybridized carbons (Fsp3) is 0.364. The summed E-state index contributed by atoms with van der Waals surface area (Å²) in [6, 6.07) is 5.22. The van der Waals surface area contributed by atoms with Crippen LogP contribution in [0.15, 0.2) is 22.7 Å². The van der Waals surface area contributed by atoms with Gasteiger partial charge in [0, 0.05) is 18.3 Å². The second kappa shape index (κ2) is 6.37. The van der Waals surface area contributed by atoms with Gasteiger partial charge in [-0.3, -0.25) is 4.79 Å². The lowest BCUT2D eigenvalue weighted by molar-refractivity contribution is -0.123. The number of hydrogen-bond donors (Lipinski definition) is 2. The Labute approximate surface area is 103 Å². The van der Waals surface area contributed by atoms with Gasteiger partial charge in [-0.25, -0.2) is 0 Å². The van der Waals surface area contributed by atoms with Crippen LogP contribution in [0.4, 0.5) is 5.69 Å². The molecule has 0 aliphatic rings. The number of amides is 1. The molecular formula is C11H15BrN2O2. The van der Waals surface area contributed by atoms with Crippen molar-refractivity contribution in [3.8, 4) is 5.75 Å². The van der Waals surface area contributed by atoms with E-state index in [9.17, 15) is 4.79 Å². The van der Waals surface area contributed by atoms with Gasteiger partial charge in [0.05, 0.1) is 4.47 Å². The van der Waals surface area contributed by atoms with Crippen LogP contribution in [-0.4, -0.2) is 19.1 Å². The SMILES string of the molecule is CCCNC(=O)COc1cc(N)ccc1Br. The quantitative estimate of drug-likeness (QED) is 0.813. The lowest BCUT2D eigenvalue weighted by Gasteiger charge is -2.08. The Morgan fingerprint density at radius 1 is 1.56 bits per heavy atom. The van der Waals surface area contributed by atoms with Crippen LogP contribution < -0.4 is 15.8 Å². The van der Waals surface area contributed by atoms with Crippen molar-refractivity contribution in [1.82, 2.24) is 5.32 Å². The summed E-state index contributed by atoms with van der Waals surface area (Å²) in [4.78, 5) is 11.3. The summed E-state index contributed by atoms with van der Waals surface area (Å²) < 4.78 is 6.12. The van der Waals surface area contributed by atoms with Crippen molar-refractivity contribution >= 4 is 27.5 Å². The molecule has 0 saturated carbocycles. The summed E-state index contributed by atoms with van der Waals surface area (Å²) in [7, 11) is 0. The number of hydrogen-bond acceptors (Lipinski definition) is 3. The molecule has 0 radical (unpaired) electrons. The maximum Gasteiger partial charge on any atom is 0.257 e. The summed E-state index contributed by atoms with van der Waals surface area (Å²) in [5.41, 5.74) is 6.22. The van der Waals surface area contributed by atoms with E-state index in [2.05, 4.69) is 21.2 Å². The second-order valence-corrected chi connectivity index (χ2v) is 4.18. The minimum atomic E-state index is -0.129. The molecule has 0 aliphatic carbocycles. The van der Waals surface area contributed by atoms with E-state index >= 15 is 0 Å². The zero-order valence-electron chi connectivity index (χ0n) is 9.13. The number of nitrogens with one attached hydrogen (secondary N) is 1. The molecular weight excluding hydrogens is 272 g/mol. The first-order valence-corrected chi connectivity index (χ1v) is 5.87. The van der Waals surface area contributed by atoms with Crippen molar-refractivity contribution in [2.75, 3.05) is 18.9 Å². The van der Waals surface area contributed by atoms with Gasteiger partial charge in [0.2, 0.25) is 0 Å². The number of carbonyl (C=O) groups excluding carboxylic acids is 1. The zero-order chi connectivity index (χ0) is 12.0.